The summed E-state index contributed by atoms with van der Waals surface area (Å²) in [6.07, 6.45) is 3.81. The van der Waals surface area contributed by atoms with Gasteiger partial charge in [-0.2, -0.15) is 0 Å². The second-order valence-electron chi connectivity index (χ2n) is 7.12. The lowest BCUT2D eigenvalue weighted by atomic mass is 10.1. The van der Waals surface area contributed by atoms with Gasteiger partial charge in [0.2, 0.25) is 14.1 Å². The normalized spacial score (nSPS) is 12.2. The second-order valence-corrected chi connectivity index (χ2v) is 11.8. The van der Waals surface area contributed by atoms with Gasteiger partial charge in [0.05, 0.1) is 27.1 Å². The first kappa shape index (κ1) is 20.2. The Balaban J connectivity index is 3.00. The predicted molar refractivity (Wildman–Crippen MR) is 103 cm³/mol. The number of hydrogen-bond acceptors (Lipinski definition) is 4. The number of allylic oxidation sites excluding steroid dienone is 1. The summed E-state index contributed by atoms with van der Waals surface area (Å²) < 4.78 is 22.2. The van der Waals surface area contributed by atoms with E-state index < -0.39 is 8.32 Å². The molecular formula is C19H30O4Si. The molecule has 0 saturated heterocycles. The Labute approximate surface area is 147 Å². The summed E-state index contributed by atoms with van der Waals surface area (Å²) in [5, 5.41) is 0.135. The second kappa shape index (κ2) is 7.79. The van der Waals surface area contributed by atoms with Gasteiger partial charge in [0.15, 0.2) is 11.5 Å². The van der Waals surface area contributed by atoms with Crippen LogP contribution in [0, 0.1) is 0 Å². The Morgan fingerprint density at radius 1 is 1.00 bits per heavy atom. The summed E-state index contributed by atoms with van der Waals surface area (Å²) in [6.45, 7) is 15.0. The summed E-state index contributed by atoms with van der Waals surface area (Å²) in [5.74, 6) is 2.48. The van der Waals surface area contributed by atoms with Gasteiger partial charge < -0.3 is 18.6 Å². The minimum atomic E-state index is -1.88. The highest BCUT2D eigenvalue weighted by Crippen LogP contribution is 2.39. The first-order valence-corrected chi connectivity index (χ1v) is 10.8. The molecule has 0 unspecified atom stereocenters. The van der Waals surface area contributed by atoms with Crippen LogP contribution in [0.15, 0.2) is 30.5 Å². The van der Waals surface area contributed by atoms with E-state index in [1.165, 1.54) is 0 Å². The molecule has 0 atom stereocenters. The van der Waals surface area contributed by atoms with E-state index in [-0.39, 0.29) is 5.04 Å². The van der Waals surface area contributed by atoms with Crippen LogP contribution in [-0.2, 0) is 4.43 Å². The van der Waals surface area contributed by atoms with E-state index in [1.807, 2.05) is 24.3 Å². The summed E-state index contributed by atoms with van der Waals surface area (Å²) in [6, 6.07) is 3.77. The van der Waals surface area contributed by atoms with E-state index in [2.05, 4.69) is 40.4 Å². The summed E-state index contributed by atoms with van der Waals surface area (Å²) in [5.41, 5.74) is 0.921. The van der Waals surface area contributed by atoms with Crippen LogP contribution >= 0.6 is 0 Å². The molecule has 0 aliphatic carbocycles. The van der Waals surface area contributed by atoms with Gasteiger partial charge in [-0.05, 0) is 41.9 Å². The van der Waals surface area contributed by atoms with Crippen molar-refractivity contribution in [2.75, 3.05) is 21.3 Å². The zero-order valence-corrected chi connectivity index (χ0v) is 17.1. The van der Waals surface area contributed by atoms with Gasteiger partial charge in [0.25, 0.3) is 0 Å². The zero-order valence-electron chi connectivity index (χ0n) is 16.1. The van der Waals surface area contributed by atoms with Crippen molar-refractivity contribution in [2.45, 2.75) is 38.9 Å². The van der Waals surface area contributed by atoms with Crippen LogP contribution < -0.4 is 14.2 Å². The SMILES string of the molecule is C=C(/C=C/c1cc(OC)c(OC)c(OC)c1)O[Si](C)(C)C(C)(C)C. The third-order valence-corrected chi connectivity index (χ3v) is 8.73. The highest BCUT2D eigenvalue weighted by molar-refractivity contribution is 6.74. The van der Waals surface area contributed by atoms with Gasteiger partial charge in [-0.3, -0.25) is 0 Å². The number of rotatable bonds is 7. The fourth-order valence-electron chi connectivity index (χ4n) is 1.90. The van der Waals surface area contributed by atoms with Gasteiger partial charge in [0, 0.05) is 0 Å². The molecule has 5 heteroatoms. The lowest BCUT2D eigenvalue weighted by molar-refractivity contribution is 0.324. The number of ether oxygens (including phenoxy) is 3. The molecule has 0 aliphatic rings. The minimum absolute atomic E-state index is 0.135. The Kier molecular flexibility index (Phi) is 6.55. The van der Waals surface area contributed by atoms with Crippen molar-refractivity contribution >= 4 is 14.4 Å². The number of hydrogen-bond donors (Lipinski definition) is 0. The number of methoxy groups -OCH3 is 3. The summed E-state index contributed by atoms with van der Waals surface area (Å²) in [4.78, 5) is 0. The quantitative estimate of drug-likeness (QED) is 0.382. The van der Waals surface area contributed by atoms with Crippen molar-refractivity contribution < 1.29 is 18.6 Å². The van der Waals surface area contributed by atoms with Crippen molar-refractivity contribution in [3.05, 3.63) is 36.1 Å². The lowest BCUT2D eigenvalue weighted by Gasteiger charge is -2.36. The molecule has 1 rings (SSSR count). The molecule has 0 fully saturated rings. The summed E-state index contributed by atoms with van der Waals surface area (Å²) >= 11 is 0. The van der Waals surface area contributed by atoms with Crippen molar-refractivity contribution in [3.63, 3.8) is 0 Å². The predicted octanol–water partition coefficient (Wildman–Crippen LogP) is 5.26. The molecule has 134 valence electrons. The van der Waals surface area contributed by atoms with Gasteiger partial charge >= 0.3 is 0 Å². The molecule has 0 aliphatic heterocycles. The maximum absolute atomic E-state index is 6.15. The van der Waals surface area contributed by atoms with Crippen molar-refractivity contribution in [1.82, 2.24) is 0 Å². The van der Waals surface area contributed by atoms with Crippen LogP contribution in [0.4, 0.5) is 0 Å². The van der Waals surface area contributed by atoms with E-state index >= 15 is 0 Å². The maximum Gasteiger partial charge on any atom is 0.250 e. The Hall–Kier alpha value is -1.88. The van der Waals surface area contributed by atoms with Gasteiger partial charge in [-0.25, -0.2) is 0 Å². The molecule has 0 radical (unpaired) electrons. The largest absolute Gasteiger partial charge is 0.544 e. The molecule has 0 bridgehead atoms. The van der Waals surface area contributed by atoms with E-state index in [0.29, 0.717) is 23.0 Å². The average molecular weight is 351 g/mol. The first-order chi connectivity index (χ1) is 11.1. The zero-order chi connectivity index (χ0) is 18.5. The maximum atomic E-state index is 6.15. The minimum Gasteiger partial charge on any atom is -0.544 e. The standard InChI is InChI=1S/C19H30O4Si/c1-14(23-24(8,9)19(2,3)4)10-11-15-12-16(20-5)18(22-7)17(13-15)21-6/h10-13H,1H2,2-9H3/b11-10+. The van der Waals surface area contributed by atoms with Gasteiger partial charge in [0.1, 0.15) is 0 Å². The van der Waals surface area contributed by atoms with E-state index in [4.69, 9.17) is 18.6 Å². The van der Waals surface area contributed by atoms with Crippen LogP contribution in [0.3, 0.4) is 0 Å². The average Bonchev–Trinajstić information content (AvgIpc) is 2.50. The molecular weight excluding hydrogens is 320 g/mol. The molecule has 1 aromatic carbocycles. The highest BCUT2D eigenvalue weighted by Gasteiger charge is 2.38. The van der Waals surface area contributed by atoms with Crippen molar-refractivity contribution in [1.29, 1.82) is 0 Å². The smallest absolute Gasteiger partial charge is 0.250 e. The lowest BCUT2D eigenvalue weighted by Crippen LogP contribution is -2.40. The van der Waals surface area contributed by atoms with Gasteiger partial charge in [-0.1, -0.05) is 33.4 Å². The van der Waals surface area contributed by atoms with Crippen LogP contribution in [0.1, 0.15) is 26.3 Å². The third kappa shape index (κ3) is 4.80. The molecule has 0 amide bonds. The van der Waals surface area contributed by atoms with E-state index in [0.717, 1.165) is 5.56 Å². The molecule has 0 N–H and O–H groups in total. The monoisotopic (exact) mass is 350 g/mol. The Morgan fingerprint density at radius 3 is 1.88 bits per heavy atom. The molecule has 4 nitrogen and oxygen atoms in total. The molecule has 0 spiro atoms. The number of benzene rings is 1. The van der Waals surface area contributed by atoms with Crippen LogP contribution in [0.25, 0.3) is 6.08 Å². The first-order valence-electron chi connectivity index (χ1n) is 7.91. The molecule has 0 aromatic heterocycles. The van der Waals surface area contributed by atoms with Crippen molar-refractivity contribution in [3.8, 4) is 17.2 Å². The van der Waals surface area contributed by atoms with Crippen LogP contribution in [-0.4, -0.2) is 29.6 Å². The molecule has 1 aromatic rings. The molecule has 24 heavy (non-hydrogen) atoms. The van der Waals surface area contributed by atoms with E-state index in [1.54, 1.807) is 21.3 Å². The fourth-order valence-corrected chi connectivity index (χ4v) is 2.93. The molecule has 0 saturated carbocycles. The summed E-state index contributed by atoms with van der Waals surface area (Å²) in [7, 11) is 2.91. The van der Waals surface area contributed by atoms with Crippen molar-refractivity contribution in [2.24, 2.45) is 0 Å². The molecule has 0 heterocycles. The van der Waals surface area contributed by atoms with Crippen LogP contribution in [0.2, 0.25) is 18.1 Å². The van der Waals surface area contributed by atoms with Crippen LogP contribution in [0.5, 0.6) is 17.2 Å². The van der Waals surface area contributed by atoms with Gasteiger partial charge in [-0.15, -0.1) is 0 Å². The fraction of sp³-hybridized carbons (Fsp3) is 0.474. The Bertz CT molecular complexity index is 587. The Morgan fingerprint density at radius 2 is 1.50 bits per heavy atom. The topological polar surface area (TPSA) is 36.9 Å². The highest BCUT2D eigenvalue weighted by atomic mass is 28.4. The third-order valence-electron chi connectivity index (χ3n) is 4.34. The van der Waals surface area contributed by atoms with E-state index in [9.17, 15) is 0 Å².